The zero-order chi connectivity index (χ0) is 9.30. The molecule has 0 fully saturated rings. The number of phenolic OH excluding ortho intramolecular Hbond substituents is 2. The van der Waals surface area contributed by atoms with Gasteiger partial charge in [-0.05, 0) is 23.7 Å². The monoisotopic (exact) mass is 206 g/mol. The molecule has 0 spiro atoms. The SMILES string of the molecule is O=C(Cl)c1ccc(O)c(O)c1Cl. The van der Waals surface area contributed by atoms with Crippen molar-refractivity contribution in [3.63, 3.8) is 0 Å². The number of benzene rings is 1. The third kappa shape index (κ3) is 1.47. The van der Waals surface area contributed by atoms with Crippen molar-refractivity contribution in [3.05, 3.63) is 22.7 Å². The Bertz CT molecular complexity index is 336. The molecule has 0 bridgehead atoms. The molecule has 0 aliphatic rings. The van der Waals surface area contributed by atoms with E-state index in [9.17, 15) is 4.79 Å². The van der Waals surface area contributed by atoms with Gasteiger partial charge in [-0.25, -0.2) is 0 Å². The van der Waals surface area contributed by atoms with Crippen LogP contribution in [-0.4, -0.2) is 15.5 Å². The van der Waals surface area contributed by atoms with Crippen LogP contribution in [0.1, 0.15) is 10.4 Å². The lowest BCUT2D eigenvalue weighted by atomic mass is 10.2. The van der Waals surface area contributed by atoms with Gasteiger partial charge < -0.3 is 10.2 Å². The van der Waals surface area contributed by atoms with E-state index in [4.69, 9.17) is 33.4 Å². The Labute approximate surface area is 78.2 Å². The smallest absolute Gasteiger partial charge is 0.254 e. The highest BCUT2D eigenvalue weighted by atomic mass is 35.5. The van der Waals surface area contributed by atoms with Crippen molar-refractivity contribution < 1.29 is 15.0 Å². The topological polar surface area (TPSA) is 57.5 Å². The predicted octanol–water partition coefficient (Wildman–Crippen LogP) is 2.13. The molecule has 0 atom stereocenters. The van der Waals surface area contributed by atoms with Crippen molar-refractivity contribution in [2.75, 3.05) is 0 Å². The van der Waals surface area contributed by atoms with Gasteiger partial charge in [0.25, 0.3) is 5.24 Å². The van der Waals surface area contributed by atoms with Crippen LogP contribution in [0.25, 0.3) is 0 Å². The summed E-state index contributed by atoms with van der Waals surface area (Å²) in [5.74, 6) is -0.926. The summed E-state index contributed by atoms with van der Waals surface area (Å²) in [7, 11) is 0. The molecule has 0 amide bonds. The highest BCUT2D eigenvalue weighted by Crippen LogP contribution is 2.35. The molecule has 0 saturated carbocycles. The summed E-state index contributed by atoms with van der Waals surface area (Å²) in [5, 5.41) is 16.9. The summed E-state index contributed by atoms with van der Waals surface area (Å²) >= 11 is 10.6. The Morgan fingerprint density at radius 2 is 1.92 bits per heavy atom. The zero-order valence-electron chi connectivity index (χ0n) is 5.71. The minimum absolute atomic E-state index is 0.0337. The van der Waals surface area contributed by atoms with Crippen LogP contribution in [0.5, 0.6) is 11.5 Å². The summed E-state index contributed by atoms with van der Waals surface area (Å²) in [6, 6.07) is 2.36. The van der Waals surface area contributed by atoms with Crippen LogP contribution >= 0.6 is 23.2 Å². The van der Waals surface area contributed by atoms with E-state index in [0.717, 1.165) is 6.07 Å². The molecule has 1 rings (SSSR count). The molecule has 0 aliphatic heterocycles. The second-order valence-corrected chi connectivity index (χ2v) is 2.79. The molecule has 1 aromatic carbocycles. The molecule has 0 saturated heterocycles. The number of phenols is 2. The maximum atomic E-state index is 10.6. The van der Waals surface area contributed by atoms with Gasteiger partial charge in [0.05, 0.1) is 10.6 Å². The fourth-order valence-electron chi connectivity index (χ4n) is 0.706. The average Bonchev–Trinajstić information content (AvgIpc) is 2.00. The Hall–Kier alpha value is -0.930. The molecular weight excluding hydrogens is 203 g/mol. The van der Waals surface area contributed by atoms with Crippen LogP contribution in [0.2, 0.25) is 5.02 Å². The van der Waals surface area contributed by atoms with E-state index in [2.05, 4.69) is 0 Å². The highest BCUT2D eigenvalue weighted by molar-refractivity contribution is 6.68. The van der Waals surface area contributed by atoms with E-state index >= 15 is 0 Å². The summed E-state index contributed by atoms with van der Waals surface area (Å²) in [6.45, 7) is 0. The van der Waals surface area contributed by atoms with Crippen molar-refractivity contribution in [2.24, 2.45) is 0 Å². The number of aromatic hydroxyl groups is 2. The van der Waals surface area contributed by atoms with Crippen LogP contribution in [-0.2, 0) is 0 Å². The molecular formula is C7H4Cl2O3. The number of carbonyl (C=O) groups is 1. The second-order valence-electron chi connectivity index (χ2n) is 2.07. The summed E-state index contributed by atoms with van der Waals surface area (Å²) in [6.07, 6.45) is 0. The standard InChI is InChI=1S/C7H4Cl2O3/c8-5-3(7(9)12)1-2-4(10)6(5)11/h1-2,10-11H. The van der Waals surface area contributed by atoms with E-state index in [1.54, 1.807) is 0 Å². The average molecular weight is 207 g/mol. The molecule has 3 nitrogen and oxygen atoms in total. The van der Waals surface area contributed by atoms with E-state index in [1.807, 2.05) is 0 Å². The zero-order valence-corrected chi connectivity index (χ0v) is 7.23. The molecule has 0 aromatic heterocycles. The maximum Gasteiger partial charge on any atom is 0.254 e. The number of halogens is 2. The summed E-state index contributed by atoms with van der Waals surface area (Å²) < 4.78 is 0. The van der Waals surface area contributed by atoms with Crippen molar-refractivity contribution in [2.45, 2.75) is 0 Å². The fraction of sp³-hybridized carbons (Fsp3) is 0. The first-order valence-corrected chi connectivity index (χ1v) is 3.70. The van der Waals surface area contributed by atoms with Gasteiger partial charge in [-0.15, -0.1) is 0 Å². The Balaban J connectivity index is 3.36. The van der Waals surface area contributed by atoms with E-state index in [1.165, 1.54) is 6.07 Å². The Morgan fingerprint density at radius 3 is 2.42 bits per heavy atom. The molecule has 2 N–H and O–H groups in total. The van der Waals surface area contributed by atoms with Gasteiger partial charge in [-0.1, -0.05) is 11.6 Å². The number of hydrogen-bond acceptors (Lipinski definition) is 3. The fourth-order valence-corrected chi connectivity index (χ4v) is 1.16. The van der Waals surface area contributed by atoms with E-state index in [-0.39, 0.29) is 16.3 Å². The number of carbonyl (C=O) groups excluding carboxylic acids is 1. The first-order valence-electron chi connectivity index (χ1n) is 2.94. The van der Waals surface area contributed by atoms with Crippen LogP contribution in [0, 0.1) is 0 Å². The lowest BCUT2D eigenvalue weighted by Crippen LogP contribution is -1.89. The van der Waals surface area contributed by atoms with Gasteiger partial charge in [-0.3, -0.25) is 4.79 Å². The second kappa shape index (κ2) is 3.21. The summed E-state index contributed by atoms with van der Waals surface area (Å²) in [5.41, 5.74) is -0.0337. The molecule has 0 radical (unpaired) electrons. The third-order valence-corrected chi connectivity index (χ3v) is 1.89. The van der Waals surface area contributed by atoms with Gasteiger partial charge in [0.1, 0.15) is 0 Å². The molecule has 12 heavy (non-hydrogen) atoms. The van der Waals surface area contributed by atoms with Crippen LogP contribution in [0.4, 0.5) is 0 Å². The molecule has 0 aliphatic carbocycles. The predicted molar refractivity (Wildman–Crippen MR) is 45.0 cm³/mol. The van der Waals surface area contributed by atoms with Crippen LogP contribution in [0.15, 0.2) is 12.1 Å². The molecule has 0 heterocycles. The van der Waals surface area contributed by atoms with Crippen molar-refractivity contribution in [1.82, 2.24) is 0 Å². The Kier molecular flexibility index (Phi) is 2.45. The maximum absolute atomic E-state index is 10.6. The van der Waals surface area contributed by atoms with Crippen molar-refractivity contribution in [3.8, 4) is 11.5 Å². The molecule has 0 unspecified atom stereocenters. The van der Waals surface area contributed by atoms with Gasteiger partial charge >= 0.3 is 0 Å². The van der Waals surface area contributed by atoms with Crippen molar-refractivity contribution in [1.29, 1.82) is 0 Å². The lowest BCUT2D eigenvalue weighted by Gasteiger charge is -2.02. The summed E-state index contributed by atoms with van der Waals surface area (Å²) in [4.78, 5) is 10.6. The van der Waals surface area contributed by atoms with Crippen LogP contribution < -0.4 is 0 Å². The quantitative estimate of drug-likeness (QED) is 0.547. The van der Waals surface area contributed by atoms with Gasteiger partial charge in [0.2, 0.25) is 0 Å². The van der Waals surface area contributed by atoms with Gasteiger partial charge in [0.15, 0.2) is 11.5 Å². The molecule has 1 aromatic rings. The van der Waals surface area contributed by atoms with E-state index < -0.39 is 11.0 Å². The number of hydrogen-bond donors (Lipinski definition) is 2. The molecule has 64 valence electrons. The lowest BCUT2D eigenvalue weighted by molar-refractivity contribution is 0.108. The Morgan fingerprint density at radius 1 is 1.33 bits per heavy atom. The largest absolute Gasteiger partial charge is 0.504 e. The first kappa shape index (κ1) is 9.16. The third-order valence-electron chi connectivity index (χ3n) is 1.31. The van der Waals surface area contributed by atoms with Gasteiger partial charge in [0, 0.05) is 0 Å². The highest BCUT2D eigenvalue weighted by Gasteiger charge is 2.13. The van der Waals surface area contributed by atoms with Gasteiger partial charge in [-0.2, -0.15) is 0 Å². The normalized spacial score (nSPS) is 9.83. The minimum Gasteiger partial charge on any atom is -0.504 e. The van der Waals surface area contributed by atoms with Crippen molar-refractivity contribution >= 4 is 28.4 Å². The van der Waals surface area contributed by atoms with Crippen LogP contribution in [0.3, 0.4) is 0 Å². The molecule has 5 heteroatoms. The minimum atomic E-state index is -0.782. The first-order chi connectivity index (χ1) is 5.54. The van der Waals surface area contributed by atoms with E-state index in [0.29, 0.717) is 0 Å². The number of rotatable bonds is 1.